The summed E-state index contributed by atoms with van der Waals surface area (Å²) >= 11 is 0. The van der Waals surface area contributed by atoms with Gasteiger partial charge in [-0.2, -0.15) is 0 Å². The molecular weight excluding hydrogens is 535 g/mol. The van der Waals surface area contributed by atoms with Crippen LogP contribution in [0.4, 0.5) is 0 Å². The fourth-order valence-electron chi connectivity index (χ4n) is 8.10. The minimum Gasteiger partial charge on any atom is -0.457 e. The lowest BCUT2D eigenvalue weighted by Crippen LogP contribution is -2.59. The zero-order valence-electron chi connectivity index (χ0n) is 22.5. The van der Waals surface area contributed by atoms with E-state index in [0.29, 0.717) is 0 Å². The van der Waals surface area contributed by atoms with Gasteiger partial charge in [0, 0.05) is 44.9 Å². The fourth-order valence-corrected chi connectivity index (χ4v) is 8.10. The summed E-state index contributed by atoms with van der Waals surface area (Å²) in [5.41, 5.74) is 11.1. The van der Waals surface area contributed by atoms with Crippen molar-refractivity contribution in [1.82, 2.24) is 0 Å². The number of hydrogen-bond donors (Lipinski definition) is 0. The van der Waals surface area contributed by atoms with Crippen LogP contribution in [0.3, 0.4) is 0 Å². The minimum atomic E-state index is -0.134. The van der Waals surface area contributed by atoms with Crippen LogP contribution in [0.5, 0.6) is 34.5 Å². The molecule has 0 N–H and O–H groups in total. The lowest BCUT2D eigenvalue weighted by Gasteiger charge is -2.38. The highest BCUT2D eigenvalue weighted by molar-refractivity contribution is 7.00. The second kappa shape index (κ2) is 6.88. The predicted molar refractivity (Wildman–Crippen MR) is 167 cm³/mol. The number of para-hydroxylation sites is 2. The van der Waals surface area contributed by atoms with E-state index in [1.54, 1.807) is 0 Å². The average molecular weight is 552 g/mol. The maximum atomic E-state index is 6.96. The molecule has 0 atom stereocenters. The van der Waals surface area contributed by atoms with Gasteiger partial charge in [-0.15, -0.1) is 0 Å². The van der Waals surface area contributed by atoms with Gasteiger partial charge in [0.2, 0.25) is 0 Å². The van der Waals surface area contributed by atoms with Gasteiger partial charge in [-0.25, -0.2) is 0 Å². The normalized spacial score (nSPS) is 14.5. The van der Waals surface area contributed by atoms with Crippen LogP contribution in [0.15, 0.2) is 99.8 Å². The molecule has 0 fully saturated rings. The van der Waals surface area contributed by atoms with Crippen LogP contribution in [-0.2, 0) is 6.42 Å². The summed E-state index contributed by atoms with van der Waals surface area (Å²) in [6, 6.07) is 31.2. The molecule has 5 heterocycles. The third-order valence-corrected chi connectivity index (χ3v) is 9.78. The van der Waals surface area contributed by atoms with E-state index in [9.17, 15) is 0 Å². The standard InChI is InChI=1S/C37H17BO5/c1-2-8-19-17(7-1)13-18-14-26-32-35(29(18)19)42-27-15-24-31(21-10-4-6-12-23(21)39-24)37-33(27)38(32)34-28(43-37)16-25-30(36(34)41-26)20-9-3-5-11-22(20)40-25/h1-12,14-16H,13H2. The number of benzene rings is 6. The largest absolute Gasteiger partial charge is 0.457 e. The Morgan fingerprint density at radius 1 is 0.488 bits per heavy atom. The van der Waals surface area contributed by atoms with E-state index < -0.39 is 0 Å². The van der Waals surface area contributed by atoms with Crippen LogP contribution in [0.1, 0.15) is 11.1 Å². The molecule has 0 saturated carbocycles. The van der Waals surface area contributed by atoms with E-state index in [-0.39, 0.29) is 6.71 Å². The van der Waals surface area contributed by atoms with Crippen molar-refractivity contribution >= 4 is 67.0 Å². The van der Waals surface area contributed by atoms with Crippen LogP contribution in [0, 0.1) is 0 Å². The van der Waals surface area contributed by atoms with E-state index in [4.69, 9.17) is 23.0 Å². The molecule has 3 aliphatic heterocycles. The van der Waals surface area contributed by atoms with Gasteiger partial charge >= 0.3 is 0 Å². The molecule has 12 rings (SSSR count). The molecule has 0 radical (unpaired) electrons. The zero-order valence-corrected chi connectivity index (χ0v) is 22.5. The number of fused-ring (bicyclic) bond motifs is 12. The van der Waals surface area contributed by atoms with Gasteiger partial charge in [0.15, 0.2) is 0 Å². The van der Waals surface area contributed by atoms with E-state index in [1.165, 1.54) is 16.7 Å². The first-order valence-electron chi connectivity index (χ1n) is 14.6. The number of ether oxygens (including phenoxy) is 3. The van der Waals surface area contributed by atoms with Crippen molar-refractivity contribution < 1.29 is 23.0 Å². The molecule has 0 saturated heterocycles. The Labute approximate surface area is 243 Å². The van der Waals surface area contributed by atoms with Crippen LogP contribution >= 0.6 is 0 Å². The molecule has 0 unspecified atom stereocenters. The van der Waals surface area contributed by atoms with E-state index >= 15 is 0 Å². The third-order valence-electron chi connectivity index (χ3n) is 9.78. The van der Waals surface area contributed by atoms with Crippen molar-refractivity contribution in [2.24, 2.45) is 0 Å². The Morgan fingerprint density at radius 2 is 1.02 bits per heavy atom. The molecule has 198 valence electrons. The first-order valence-corrected chi connectivity index (χ1v) is 14.6. The van der Waals surface area contributed by atoms with Crippen LogP contribution < -0.4 is 30.6 Å². The topological polar surface area (TPSA) is 54.0 Å². The van der Waals surface area contributed by atoms with E-state index in [2.05, 4.69) is 42.5 Å². The summed E-state index contributed by atoms with van der Waals surface area (Å²) < 4.78 is 33.6. The predicted octanol–water partition coefficient (Wildman–Crippen LogP) is 7.89. The van der Waals surface area contributed by atoms with Gasteiger partial charge in [-0.3, -0.25) is 0 Å². The summed E-state index contributed by atoms with van der Waals surface area (Å²) in [4.78, 5) is 0. The molecule has 0 bridgehead atoms. The lowest BCUT2D eigenvalue weighted by molar-refractivity contribution is 0.447. The van der Waals surface area contributed by atoms with Crippen LogP contribution in [-0.4, -0.2) is 6.71 Å². The molecule has 6 heteroatoms. The number of hydrogen-bond acceptors (Lipinski definition) is 5. The fraction of sp³-hybridized carbons (Fsp3) is 0.0270. The Morgan fingerprint density at radius 3 is 1.70 bits per heavy atom. The van der Waals surface area contributed by atoms with E-state index in [0.717, 1.165) is 107 Å². The summed E-state index contributed by atoms with van der Waals surface area (Å²) in [7, 11) is 0. The van der Waals surface area contributed by atoms with Crippen molar-refractivity contribution in [3.63, 3.8) is 0 Å². The SMILES string of the molecule is c1ccc2c(c1)Cc1cc3c4c(c1-2)Oc1cc2oc5ccccc5c2c2c1B4c1c(cc4oc5ccccc5c4c1O3)O2. The van der Waals surface area contributed by atoms with Crippen molar-refractivity contribution in [2.45, 2.75) is 6.42 Å². The van der Waals surface area contributed by atoms with Gasteiger partial charge in [-0.05, 0) is 41.3 Å². The summed E-state index contributed by atoms with van der Waals surface area (Å²) in [5, 5.41) is 3.98. The molecule has 2 aromatic heterocycles. The van der Waals surface area contributed by atoms with Gasteiger partial charge in [0.25, 0.3) is 6.71 Å². The zero-order chi connectivity index (χ0) is 27.6. The van der Waals surface area contributed by atoms with Crippen molar-refractivity contribution in [3.05, 3.63) is 102 Å². The van der Waals surface area contributed by atoms with Gasteiger partial charge in [0.1, 0.15) is 56.8 Å². The smallest absolute Gasteiger partial charge is 0.270 e. The quantitative estimate of drug-likeness (QED) is 0.179. The molecular formula is C37H17BO5. The Hall–Kier alpha value is -5.62. The van der Waals surface area contributed by atoms with Crippen molar-refractivity contribution in [3.8, 4) is 45.6 Å². The summed E-state index contributed by atoms with van der Waals surface area (Å²) in [6.45, 7) is -0.134. The second-order valence-corrected chi connectivity index (χ2v) is 11.9. The van der Waals surface area contributed by atoms with Crippen LogP contribution in [0.2, 0.25) is 0 Å². The average Bonchev–Trinajstić information content (AvgIpc) is 3.71. The highest BCUT2D eigenvalue weighted by Gasteiger charge is 2.50. The maximum absolute atomic E-state index is 6.96. The van der Waals surface area contributed by atoms with Gasteiger partial charge in [-0.1, -0.05) is 60.7 Å². The highest BCUT2D eigenvalue weighted by atomic mass is 16.5. The van der Waals surface area contributed by atoms with Gasteiger partial charge in [0.05, 0.1) is 10.8 Å². The molecule has 0 spiro atoms. The first-order chi connectivity index (χ1) is 21.3. The van der Waals surface area contributed by atoms with Crippen molar-refractivity contribution in [1.29, 1.82) is 0 Å². The molecule has 4 aliphatic rings. The molecule has 0 amide bonds. The van der Waals surface area contributed by atoms with Crippen molar-refractivity contribution in [2.75, 3.05) is 0 Å². The third kappa shape index (κ3) is 2.35. The molecule has 6 aromatic carbocycles. The van der Waals surface area contributed by atoms with Crippen LogP contribution in [0.25, 0.3) is 55.0 Å². The Balaban J connectivity index is 1.27. The first kappa shape index (κ1) is 21.1. The maximum Gasteiger partial charge on any atom is 0.270 e. The summed E-state index contributed by atoms with van der Waals surface area (Å²) in [6.07, 6.45) is 0.837. The molecule has 5 nitrogen and oxygen atoms in total. The Bertz CT molecular complexity index is 2640. The highest BCUT2D eigenvalue weighted by Crippen LogP contribution is 2.53. The van der Waals surface area contributed by atoms with E-state index in [1.807, 2.05) is 48.5 Å². The Kier molecular flexibility index (Phi) is 3.38. The minimum absolute atomic E-state index is 0.134. The molecule has 1 aliphatic carbocycles. The number of furan rings is 2. The summed E-state index contributed by atoms with van der Waals surface area (Å²) in [5.74, 6) is 4.77. The second-order valence-electron chi connectivity index (χ2n) is 11.9. The molecule has 43 heavy (non-hydrogen) atoms. The molecule has 8 aromatic rings. The number of rotatable bonds is 0. The monoisotopic (exact) mass is 552 g/mol. The van der Waals surface area contributed by atoms with Gasteiger partial charge < -0.3 is 23.0 Å². The lowest BCUT2D eigenvalue weighted by atomic mass is 9.33.